The van der Waals surface area contributed by atoms with Gasteiger partial charge < -0.3 is 5.32 Å². The van der Waals surface area contributed by atoms with Crippen LogP contribution in [0.4, 0.5) is 5.82 Å². The number of aromatic nitrogens is 1. The van der Waals surface area contributed by atoms with Gasteiger partial charge in [-0.15, -0.1) is 0 Å². The molecule has 92 valence electrons. The van der Waals surface area contributed by atoms with Crippen LogP contribution in [-0.4, -0.2) is 10.9 Å². The van der Waals surface area contributed by atoms with Crippen LogP contribution in [0, 0.1) is 3.57 Å². The van der Waals surface area contributed by atoms with Crippen LogP contribution in [0.15, 0.2) is 36.5 Å². The second-order valence-electron chi connectivity index (χ2n) is 3.44. The molecule has 0 radical (unpaired) electrons. The minimum absolute atomic E-state index is 0.276. The number of anilines is 1. The molecule has 2 rings (SSSR count). The van der Waals surface area contributed by atoms with Crippen molar-refractivity contribution in [3.63, 3.8) is 0 Å². The van der Waals surface area contributed by atoms with Gasteiger partial charge in [0.25, 0.3) is 5.91 Å². The van der Waals surface area contributed by atoms with E-state index in [1.54, 1.807) is 24.4 Å². The van der Waals surface area contributed by atoms with E-state index in [4.69, 9.17) is 23.2 Å². The van der Waals surface area contributed by atoms with Crippen LogP contribution in [0.5, 0.6) is 0 Å². The number of rotatable bonds is 2. The van der Waals surface area contributed by atoms with Gasteiger partial charge in [0, 0.05) is 15.3 Å². The van der Waals surface area contributed by atoms with Gasteiger partial charge in [0.15, 0.2) is 0 Å². The van der Waals surface area contributed by atoms with Crippen LogP contribution in [0.1, 0.15) is 10.4 Å². The summed E-state index contributed by atoms with van der Waals surface area (Å²) in [5.74, 6) is 0.216. The molecular formula is C12H7Cl2IN2O. The first-order valence-corrected chi connectivity index (χ1v) is 6.77. The summed E-state index contributed by atoms with van der Waals surface area (Å²) in [4.78, 5) is 16.0. The molecule has 0 aliphatic carbocycles. The predicted molar refractivity (Wildman–Crippen MR) is 81.4 cm³/mol. The lowest BCUT2D eigenvalue weighted by Crippen LogP contribution is -2.12. The quantitative estimate of drug-likeness (QED) is 0.776. The number of pyridine rings is 1. The van der Waals surface area contributed by atoms with Gasteiger partial charge in [0.2, 0.25) is 0 Å². The van der Waals surface area contributed by atoms with Crippen molar-refractivity contribution in [2.45, 2.75) is 0 Å². The van der Waals surface area contributed by atoms with Gasteiger partial charge in [-0.3, -0.25) is 4.79 Å². The third-order valence-corrected chi connectivity index (χ3v) is 3.53. The minimum atomic E-state index is -0.276. The first kappa shape index (κ1) is 13.6. The normalized spacial score (nSPS) is 10.2. The van der Waals surface area contributed by atoms with Crippen molar-refractivity contribution in [2.75, 3.05) is 5.32 Å². The fraction of sp³-hybridized carbons (Fsp3) is 0. The second-order valence-corrected chi connectivity index (χ2v) is 5.50. The van der Waals surface area contributed by atoms with E-state index in [0.29, 0.717) is 21.4 Å². The van der Waals surface area contributed by atoms with E-state index >= 15 is 0 Å². The number of benzene rings is 1. The van der Waals surface area contributed by atoms with Crippen molar-refractivity contribution in [1.29, 1.82) is 0 Å². The maximum Gasteiger partial charge on any atom is 0.256 e. The summed E-state index contributed by atoms with van der Waals surface area (Å²) in [5.41, 5.74) is 0.435. The molecule has 1 aromatic carbocycles. The van der Waals surface area contributed by atoms with Crippen molar-refractivity contribution >= 4 is 57.5 Å². The number of hydrogen-bond acceptors (Lipinski definition) is 2. The van der Waals surface area contributed by atoms with Gasteiger partial charge in [-0.1, -0.05) is 23.2 Å². The SMILES string of the molecule is O=C(Nc1ccc(I)cn1)c1ccc(Cl)c(Cl)c1. The summed E-state index contributed by atoms with van der Waals surface area (Å²) in [7, 11) is 0. The largest absolute Gasteiger partial charge is 0.307 e. The Morgan fingerprint density at radius 2 is 1.94 bits per heavy atom. The van der Waals surface area contributed by atoms with Crippen LogP contribution in [0.2, 0.25) is 10.0 Å². The van der Waals surface area contributed by atoms with Crippen LogP contribution >= 0.6 is 45.8 Å². The summed E-state index contributed by atoms with van der Waals surface area (Å²) < 4.78 is 1.00. The number of halogens is 3. The highest BCUT2D eigenvalue weighted by molar-refractivity contribution is 14.1. The van der Waals surface area contributed by atoms with Gasteiger partial charge in [-0.05, 0) is 52.9 Å². The first-order chi connectivity index (χ1) is 8.56. The molecule has 1 N–H and O–H groups in total. The number of carbonyl (C=O) groups is 1. The minimum Gasteiger partial charge on any atom is -0.307 e. The van der Waals surface area contributed by atoms with E-state index in [1.807, 2.05) is 6.07 Å². The average molecular weight is 393 g/mol. The van der Waals surface area contributed by atoms with Gasteiger partial charge in [0.05, 0.1) is 10.0 Å². The molecule has 0 saturated carbocycles. The standard InChI is InChI=1S/C12H7Cl2IN2O/c13-9-3-1-7(5-10(9)14)12(18)17-11-4-2-8(15)6-16-11/h1-6H,(H,16,17,18). The molecule has 0 unspecified atom stereocenters. The Morgan fingerprint density at radius 1 is 1.17 bits per heavy atom. The Kier molecular flexibility index (Phi) is 4.42. The summed E-state index contributed by atoms with van der Waals surface area (Å²) >= 11 is 13.8. The highest BCUT2D eigenvalue weighted by Crippen LogP contribution is 2.23. The highest BCUT2D eigenvalue weighted by Gasteiger charge is 2.08. The predicted octanol–water partition coefficient (Wildman–Crippen LogP) is 4.25. The smallest absolute Gasteiger partial charge is 0.256 e. The highest BCUT2D eigenvalue weighted by atomic mass is 127. The average Bonchev–Trinajstić information content (AvgIpc) is 2.35. The zero-order valence-electron chi connectivity index (χ0n) is 8.95. The van der Waals surface area contributed by atoms with E-state index in [2.05, 4.69) is 32.9 Å². The van der Waals surface area contributed by atoms with Crippen molar-refractivity contribution in [3.8, 4) is 0 Å². The molecule has 0 bridgehead atoms. The molecule has 0 aliphatic heterocycles. The summed E-state index contributed by atoms with van der Waals surface area (Å²) in [5, 5.41) is 3.44. The molecule has 1 heterocycles. The molecule has 0 spiro atoms. The molecule has 0 saturated heterocycles. The molecule has 2 aromatic rings. The molecule has 6 heteroatoms. The fourth-order valence-electron chi connectivity index (χ4n) is 1.28. The lowest BCUT2D eigenvalue weighted by Gasteiger charge is -2.05. The monoisotopic (exact) mass is 392 g/mol. The van der Waals surface area contributed by atoms with E-state index in [0.717, 1.165) is 3.57 Å². The molecule has 0 atom stereocenters. The van der Waals surface area contributed by atoms with E-state index in [-0.39, 0.29) is 5.91 Å². The van der Waals surface area contributed by atoms with Gasteiger partial charge in [-0.2, -0.15) is 0 Å². The Morgan fingerprint density at radius 3 is 2.56 bits per heavy atom. The molecule has 0 aliphatic rings. The van der Waals surface area contributed by atoms with Gasteiger partial charge in [0.1, 0.15) is 5.82 Å². The van der Waals surface area contributed by atoms with Crippen LogP contribution < -0.4 is 5.32 Å². The fourth-order valence-corrected chi connectivity index (χ4v) is 1.89. The summed E-state index contributed by atoms with van der Waals surface area (Å²) in [6.07, 6.45) is 1.67. The van der Waals surface area contributed by atoms with Gasteiger partial charge >= 0.3 is 0 Å². The third-order valence-electron chi connectivity index (χ3n) is 2.15. The molecule has 1 amide bonds. The Bertz CT molecular complexity index is 587. The van der Waals surface area contributed by atoms with Crippen molar-refractivity contribution in [1.82, 2.24) is 4.98 Å². The summed E-state index contributed by atoms with van der Waals surface area (Å²) in [6, 6.07) is 8.30. The number of carbonyl (C=O) groups excluding carboxylic acids is 1. The van der Waals surface area contributed by atoms with Crippen molar-refractivity contribution in [2.24, 2.45) is 0 Å². The number of nitrogens with one attached hydrogen (secondary N) is 1. The maximum absolute atomic E-state index is 11.9. The first-order valence-electron chi connectivity index (χ1n) is 4.94. The zero-order valence-corrected chi connectivity index (χ0v) is 12.6. The summed E-state index contributed by atoms with van der Waals surface area (Å²) in [6.45, 7) is 0. The van der Waals surface area contributed by atoms with E-state index in [9.17, 15) is 4.79 Å². The second kappa shape index (κ2) is 5.86. The maximum atomic E-state index is 11.9. The van der Waals surface area contributed by atoms with Crippen LogP contribution in [0.25, 0.3) is 0 Å². The topological polar surface area (TPSA) is 42.0 Å². The van der Waals surface area contributed by atoms with Gasteiger partial charge in [-0.25, -0.2) is 4.98 Å². The van der Waals surface area contributed by atoms with Crippen molar-refractivity contribution < 1.29 is 4.79 Å². The Hall–Kier alpha value is -0.850. The lowest BCUT2D eigenvalue weighted by atomic mass is 10.2. The lowest BCUT2D eigenvalue weighted by molar-refractivity contribution is 0.102. The van der Waals surface area contributed by atoms with Crippen LogP contribution in [0.3, 0.4) is 0 Å². The van der Waals surface area contributed by atoms with E-state index in [1.165, 1.54) is 6.07 Å². The molecular weight excluding hydrogens is 386 g/mol. The van der Waals surface area contributed by atoms with E-state index < -0.39 is 0 Å². The molecule has 3 nitrogen and oxygen atoms in total. The number of amides is 1. The Labute approximate surface area is 128 Å². The molecule has 18 heavy (non-hydrogen) atoms. The number of hydrogen-bond donors (Lipinski definition) is 1. The van der Waals surface area contributed by atoms with Crippen molar-refractivity contribution in [3.05, 3.63) is 55.7 Å². The number of nitrogens with zero attached hydrogens (tertiary/aromatic N) is 1. The molecule has 0 fully saturated rings. The zero-order chi connectivity index (χ0) is 13.1. The molecule has 1 aromatic heterocycles. The third kappa shape index (κ3) is 3.34. The van der Waals surface area contributed by atoms with Crippen LogP contribution in [-0.2, 0) is 0 Å². The Balaban J connectivity index is 2.16.